The van der Waals surface area contributed by atoms with Crippen LogP contribution in [0.25, 0.3) is 43.8 Å². The van der Waals surface area contributed by atoms with E-state index in [-0.39, 0.29) is 0 Å². The molecule has 9 aromatic rings. The minimum Gasteiger partial charge on any atom is -0.494 e. The molecule has 0 amide bonds. The van der Waals surface area contributed by atoms with E-state index in [4.69, 9.17) is 4.74 Å². The lowest BCUT2D eigenvalue weighted by Gasteiger charge is -2.28. The zero-order valence-electron chi connectivity index (χ0n) is 33.1. The van der Waals surface area contributed by atoms with E-state index >= 15 is 0 Å². The molecule has 0 radical (unpaired) electrons. The highest BCUT2D eigenvalue weighted by atomic mass is 16.5. The van der Waals surface area contributed by atoms with Crippen molar-refractivity contribution in [2.75, 3.05) is 16.4 Å². The fourth-order valence-corrected chi connectivity index (χ4v) is 7.97. The normalized spacial score (nSPS) is 11.1. The molecular weight excluding hydrogens is 717 g/mol. The van der Waals surface area contributed by atoms with Gasteiger partial charge in [-0.15, -0.1) is 6.58 Å². The predicted octanol–water partition coefficient (Wildman–Crippen LogP) is 16.0. The van der Waals surface area contributed by atoms with Crippen molar-refractivity contribution in [3.8, 4) is 28.0 Å². The van der Waals surface area contributed by atoms with Crippen LogP contribution in [-0.2, 0) is 0 Å². The van der Waals surface area contributed by atoms with Gasteiger partial charge in [-0.1, -0.05) is 146 Å². The number of rotatable bonds is 14. The van der Waals surface area contributed by atoms with Gasteiger partial charge in [-0.05, 0) is 125 Å². The van der Waals surface area contributed by atoms with Gasteiger partial charge in [-0.3, -0.25) is 0 Å². The van der Waals surface area contributed by atoms with Gasteiger partial charge in [0.1, 0.15) is 5.75 Å². The SMILES string of the molecule is C=CCCCCOc1ccc(N(c2ccc(-c3ccc(N(c4ccc(-c5ccccc5)cc4)c4cccc5ccccc45)cc3)cc2)c2cccc3ccccc23)cc1. The predicted molar refractivity (Wildman–Crippen MR) is 251 cm³/mol. The maximum absolute atomic E-state index is 6.09. The molecule has 0 saturated heterocycles. The van der Waals surface area contributed by atoms with E-state index in [1.54, 1.807) is 0 Å². The van der Waals surface area contributed by atoms with Crippen LogP contribution in [0, 0.1) is 0 Å². The summed E-state index contributed by atoms with van der Waals surface area (Å²) >= 11 is 0. The lowest BCUT2D eigenvalue weighted by molar-refractivity contribution is 0.307. The molecule has 286 valence electrons. The summed E-state index contributed by atoms with van der Waals surface area (Å²) in [6.07, 6.45) is 5.08. The first kappa shape index (κ1) is 37.2. The number of allylic oxidation sites excluding steroid dienone is 1. The molecule has 0 spiro atoms. The Balaban J connectivity index is 1.03. The molecule has 0 saturated carbocycles. The lowest BCUT2D eigenvalue weighted by atomic mass is 10.0. The Hall–Kier alpha value is -7.36. The molecule has 9 rings (SSSR count). The molecule has 0 bridgehead atoms. The van der Waals surface area contributed by atoms with Crippen molar-refractivity contribution in [2.45, 2.75) is 19.3 Å². The second-order valence-corrected chi connectivity index (χ2v) is 14.8. The molecule has 59 heavy (non-hydrogen) atoms. The van der Waals surface area contributed by atoms with Gasteiger partial charge in [0.25, 0.3) is 0 Å². The highest BCUT2D eigenvalue weighted by molar-refractivity contribution is 6.00. The Labute approximate surface area is 347 Å². The number of nitrogens with zero attached hydrogens (tertiary/aromatic N) is 2. The minimum absolute atomic E-state index is 0.700. The average Bonchev–Trinajstić information content (AvgIpc) is 3.31. The van der Waals surface area contributed by atoms with Crippen LogP contribution in [0.5, 0.6) is 5.75 Å². The third-order valence-electron chi connectivity index (χ3n) is 11.0. The van der Waals surface area contributed by atoms with Crippen LogP contribution < -0.4 is 14.5 Å². The van der Waals surface area contributed by atoms with E-state index in [1.807, 2.05) is 6.08 Å². The summed E-state index contributed by atoms with van der Waals surface area (Å²) in [5, 5.41) is 4.82. The third-order valence-corrected chi connectivity index (χ3v) is 11.0. The molecule has 3 nitrogen and oxygen atoms in total. The molecule has 9 aromatic carbocycles. The molecule has 0 aliphatic rings. The topological polar surface area (TPSA) is 15.7 Å². The van der Waals surface area contributed by atoms with Crippen molar-refractivity contribution in [2.24, 2.45) is 0 Å². The zero-order chi connectivity index (χ0) is 39.8. The molecule has 0 unspecified atom stereocenters. The van der Waals surface area contributed by atoms with Crippen LogP contribution in [0.3, 0.4) is 0 Å². The average molecular weight is 763 g/mol. The minimum atomic E-state index is 0.700. The maximum atomic E-state index is 6.09. The Morgan fingerprint density at radius 1 is 0.373 bits per heavy atom. The van der Waals surface area contributed by atoms with Gasteiger partial charge < -0.3 is 14.5 Å². The van der Waals surface area contributed by atoms with Crippen molar-refractivity contribution >= 4 is 55.7 Å². The summed E-state index contributed by atoms with van der Waals surface area (Å²) in [6, 6.07) is 76.0. The van der Waals surface area contributed by atoms with Crippen LogP contribution in [0.15, 0.2) is 225 Å². The van der Waals surface area contributed by atoms with Crippen LogP contribution in [0.4, 0.5) is 34.1 Å². The molecule has 0 heterocycles. The van der Waals surface area contributed by atoms with Crippen molar-refractivity contribution < 1.29 is 4.74 Å². The summed E-state index contributed by atoms with van der Waals surface area (Å²) in [5.74, 6) is 0.882. The number of fused-ring (bicyclic) bond motifs is 2. The van der Waals surface area contributed by atoms with Gasteiger partial charge in [0.2, 0.25) is 0 Å². The number of ether oxygens (including phenoxy) is 1. The molecule has 3 heteroatoms. The Kier molecular flexibility index (Phi) is 11.0. The summed E-state index contributed by atoms with van der Waals surface area (Å²) in [4.78, 5) is 4.71. The molecular formula is C56H46N2O. The first-order valence-corrected chi connectivity index (χ1v) is 20.5. The maximum Gasteiger partial charge on any atom is 0.119 e. The zero-order valence-corrected chi connectivity index (χ0v) is 33.1. The Bertz CT molecular complexity index is 2780. The van der Waals surface area contributed by atoms with Crippen LogP contribution in [0.1, 0.15) is 19.3 Å². The summed E-state index contributed by atoms with van der Waals surface area (Å²) in [5.41, 5.74) is 11.3. The van der Waals surface area contributed by atoms with Gasteiger partial charge in [-0.25, -0.2) is 0 Å². The van der Waals surface area contributed by atoms with Gasteiger partial charge in [-0.2, -0.15) is 0 Å². The van der Waals surface area contributed by atoms with Crippen LogP contribution in [0.2, 0.25) is 0 Å². The van der Waals surface area contributed by atoms with E-state index in [2.05, 4.69) is 229 Å². The number of hydrogen-bond donors (Lipinski definition) is 0. The quantitative estimate of drug-likeness (QED) is 0.0810. The number of unbranched alkanes of at least 4 members (excludes halogenated alkanes) is 2. The Morgan fingerprint density at radius 3 is 1.22 bits per heavy atom. The first-order chi connectivity index (χ1) is 29.2. The largest absolute Gasteiger partial charge is 0.494 e. The van der Waals surface area contributed by atoms with E-state index in [0.717, 1.165) is 70.3 Å². The summed E-state index contributed by atoms with van der Waals surface area (Å²) in [7, 11) is 0. The third kappa shape index (κ3) is 8.10. The molecule has 0 N–H and O–H groups in total. The van der Waals surface area contributed by atoms with Crippen molar-refractivity contribution in [1.82, 2.24) is 0 Å². The van der Waals surface area contributed by atoms with Gasteiger partial charge >= 0.3 is 0 Å². The fraction of sp³-hybridized carbons (Fsp3) is 0.0714. The monoisotopic (exact) mass is 762 g/mol. The van der Waals surface area contributed by atoms with E-state index in [1.165, 1.54) is 32.7 Å². The van der Waals surface area contributed by atoms with Crippen LogP contribution >= 0.6 is 0 Å². The van der Waals surface area contributed by atoms with Crippen molar-refractivity contribution in [1.29, 1.82) is 0 Å². The standard InChI is InChI=1S/C56H46N2O/c1-2-3-4-12-41-59-52-39-37-51(38-40-52)58(56-24-14-20-47-18-9-11-22-54(47)56)50-35-29-45(30-36-50)44-27-33-49(34-28-44)57(55-23-13-19-46-17-8-10-21-53(46)55)48-31-25-43(26-32-48)42-15-6-5-7-16-42/h2,5-11,13-40H,1,3-4,12,41H2. The van der Waals surface area contributed by atoms with Gasteiger partial charge in [0.05, 0.1) is 18.0 Å². The Morgan fingerprint density at radius 2 is 0.763 bits per heavy atom. The fourth-order valence-electron chi connectivity index (χ4n) is 7.97. The lowest BCUT2D eigenvalue weighted by Crippen LogP contribution is -2.10. The highest BCUT2D eigenvalue weighted by Gasteiger charge is 2.18. The number of hydrogen-bond acceptors (Lipinski definition) is 3. The number of anilines is 6. The highest BCUT2D eigenvalue weighted by Crippen LogP contribution is 2.42. The molecule has 0 atom stereocenters. The van der Waals surface area contributed by atoms with Crippen molar-refractivity contribution in [3.63, 3.8) is 0 Å². The van der Waals surface area contributed by atoms with E-state index < -0.39 is 0 Å². The van der Waals surface area contributed by atoms with Gasteiger partial charge in [0.15, 0.2) is 0 Å². The molecule has 0 aliphatic heterocycles. The first-order valence-electron chi connectivity index (χ1n) is 20.5. The second kappa shape index (κ2) is 17.4. The summed E-state index contributed by atoms with van der Waals surface area (Å²) in [6.45, 7) is 4.53. The number of benzene rings is 9. The molecule has 0 aromatic heterocycles. The van der Waals surface area contributed by atoms with E-state index in [9.17, 15) is 0 Å². The second-order valence-electron chi connectivity index (χ2n) is 14.8. The van der Waals surface area contributed by atoms with Crippen molar-refractivity contribution in [3.05, 3.63) is 225 Å². The van der Waals surface area contributed by atoms with Gasteiger partial charge in [0, 0.05) is 33.5 Å². The smallest absolute Gasteiger partial charge is 0.119 e. The molecule has 0 fully saturated rings. The van der Waals surface area contributed by atoms with Crippen LogP contribution in [-0.4, -0.2) is 6.61 Å². The molecule has 0 aliphatic carbocycles. The summed E-state index contributed by atoms with van der Waals surface area (Å²) < 4.78 is 6.09. The van der Waals surface area contributed by atoms with E-state index in [0.29, 0.717) is 6.61 Å².